The predicted molar refractivity (Wildman–Crippen MR) is 96.6 cm³/mol. The SMILES string of the molecule is Cc1nc(I)nc2c1C(C)(C)C(C)(C)N(C(C)C)C2(C)C. The quantitative estimate of drug-likeness (QED) is 0.516. The normalized spacial score (nSPS) is 23.2. The number of aryl methyl sites for hydroxylation is 1. The Kier molecular flexibility index (Phi) is 3.98. The van der Waals surface area contributed by atoms with Gasteiger partial charge in [-0.25, -0.2) is 9.97 Å². The molecule has 0 bridgehead atoms. The number of hydrogen-bond acceptors (Lipinski definition) is 3. The molecule has 2 rings (SSSR count). The smallest absolute Gasteiger partial charge is 0.191 e. The summed E-state index contributed by atoms with van der Waals surface area (Å²) in [6, 6.07) is 0.454. The highest BCUT2D eigenvalue weighted by molar-refractivity contribution is 14.1. The van der Waals surface area contributed by atoms with Crippen molar-refractivity contribution in [2.45, 2.75) is 84.8 Å². The van der Waals surface area contributed by atoms with E-state index >= 15 is 0 Å². The van der Waals surface area contributed by atoms with Crippen LogP contribution in [0.25, 0.3) is 0 Å². The van der Waals surface area contributed by atoms with Crippen molar-refractivity contribution in [1.29, 1.82) is 0 Å². The van der Waals surface area contributed by atoms with Crippen LogP contribution in [0.15, 0.2) is 0 Å². The summed E-state index contributed by atoms with van der Waals surface area (Å²) in [4.78, 5) is 12.1. The van der Waals surface area contributed by atoms with Gasteiger partial charge in [-0.1, -0.05) is 13.8 Å². The van der Waals surface area contributed by atoms with Crippen molar-refractivity contribution < 1.29 is 0 Å². The van der Waals surface area contributed by atoms with Gasteiger partial charge in [0.15, 0.2) is 3.83 Å². The average Bonchev–Trinajstić information content (AvgIpc) is 2.23. The van der Waals surface area contributed by atoms with Crippen LogP contribution in [0.1, 0.15) is 72.3 Å². The Morgan fingerprint density at radius 1 is 1.00 bits per heavy atom. The molecule has 0 fully saturated rings. The van der Waals surface area contributed by atoms with Crippen LogP contribution in [0, 0.1) is 10.8 Å². The largest absolute Gasteiger partial charge is 0.284 e. The monoisotopic (exact) mass is 401 g/mol. The molecule has 0 radical (unpaired) electrons. The van der Waals surface area contributed by atoms with Gasteiger partial charge in [-0.3, -0.25) is 4.90 Å². The van der Waals surface area contributed by atoms with Crippen molar-refractivity contribution in [1.82, 2.24) is 14.9 Å². The topological polar surface area (TPSA) is 29.0 Å². The summed E-state index contributed by atoms with van der Waals surface area (Å²) in [5.41, 5.74) is 3.57. The molecule has 0 atom stereocenters. The van der Waals surface area contributed by atoms with Crippen LogP contribution in [0.3, 0.4) is 0 Å². The molecule has 0 saturated carbocycles. The fourth-order valence-corrected chi connectivity index (χ4v) is 5.04. The molecule has 0 N–H and O–H groups in total. The van der Waals surface area contributed by atoms with Crippen LogP contribution in [0.2, 0.25) is 0 Å². The van der Waals surface area contributed by atoms with Gasteiger partial charge in [0.25, 0.3) is 0 Å². The summed E-state index contributed by atoms with van der Waals surface area (Å²) < 4.78 is 0.844. The lowest BCUT2D eigenvalue weighted by Gasteiger charge is -2.62. The maximum atomic E-state index is 4.86. The van der Waals surface area contributed by atoms with Gasteiger partial charge in [-0.15, -0.1) is 0 Å². The van der Waals surface area contributed by atoms with Crippen LogP contribution >= 0.6 is 22.6 Å². The zero-order chi connectivity index (χ0) is 16.4. The van der Waals surface area contributed by atoms with E-state index in [0.29, 0.717) is 6.04 Å². The van der Waals surface area contributed by atoms with Crippen molar-refractivity contribution in [2.24, 2.45) is 0 Å². The first-order chi connectivity index (χ1) is 9.35. The number of rotatable bonds is 1. The van der Waals surface area contributed by atoms with Crippen LogP contribution in [-0.2, 0) is 11.0 Å². The van der Waals surface area contributed by atoms with E-state index in [1.54, 1.807) is 0 Å². The van der Waals surface area contributed by atoms with E-state index in [1.807, 2.05) is 0 Å². The molecule has 118 valence electrons. The van der Waals surface area contributed by atoms with E-state index < -0.39 is 0 Å². The molecule has 0 aromatic carbocycles. The molecule has 0 unspecified atom stereocenters. The van der Waals surface area contributed by atoms with E-state index in [2.05, 4.69) is 94.8 Å². The third-order valence-corrected chi connectivity index (χ3v) is 6.00. The Morgan fingerprint density at radius 2 is 1.52 bits per heavy atom. The predicted octanol–water partition coefficient (Wildman–Crippen LogP) is 4.40. The van der Waals surface area contributed by atoms with Gasteiger partial charge >= 0.3 is 0 Å². The summed E-state index contributed by atoms with van der Waals surface area (Å²) in [5.74, 6) is 0. The minimum absolute atomic E-state index is 0.00343. The second kappa shape index (κ2) is 4.88. The summed E-state index contributed by atoms with van der Waals surface area (Å²) in [6.07, 6.45) is 0. The van der Waals surface area contributed by atoms with Gasteiger partial charge in [0.2, 0.25) is 0 Å². The lowest BCUT2D eigenvalue weighted by Crippen LogP contribution is -2.68. The number of aromatic nitrogens is 2. The number of halogens is 1. The molecule has 0 saturated heterocycles. The van der Waals surface area contributed by atoms with Crippen LogP contribution in [0.5, 0.6) is 0 Å². The third-order valence-electron chi connectivity index (χ3n) is 5.52. The van der Waals surface area contributed by atoms with Gasteiger partial charge in [0.05, 0.1) is 11.2 Å². The highest BCUT2D eigenvalue weighted by Crippen LogP contribution is 2.53. The molecule has 1 aliphatic rings. The first-order valence-electron chi connectivity index (χ1n) is 7.69. The lowest BCUT2D eigenvalue weighted by molar-refractivity contribution is -0.0725. The Morgan fingerprint density at radius 3 is 2.00 bits per heavy atom. The van der Waals surface area contributed by atoms with E-state index in [9.17, 15) is 0 Å². The average molecular weight is 401 g/mol. The van der Waals surface area contributed by atoms with Gasteiger partial charge in [0.1, 0.15) is 0 Å². The molecule has 1 aromatic rings. The molecule has 21 heavy (non-hydrogen) atoms. The van der Waals surface area contributed by atoms with Gasteiger partial charge < -0.3 is 0 Å². The first kappa shape index (κ1) is 17.1. The highest BCUT2D eigenvalue weighted by atomic mass is 127. The van der Waals surface area contributed by atoms with E-state index in [0.717, 1.165) is 9.53 Å². The van der Waals surface area contributed by atoms with E-state index in [-0.39, 0.29) is 16.5 Å². The van der Waals surface area contributed by atoms with E-state index in [1.165, 1.54) is 11.3 Å². The fraction of sp³-hybridized carbons (Fsp3) is 0.765. The zero-order valence-electron chi connectivity index (χ0n) is 14.8. The molecular formula is C17H28IN3. The fourth-order valence-electron chi connectivity index (χ4n) is 4.44. The molecule has 3 nitrogen and oxygen atoms in total. The maximum absolute atomic E-state index is 4.86. The number of hydrogen-bond donors (Lipinski definition) is 0. The maximum Gasteiger partial charge on any atom is 0.191 e. The summed E-state index contributed by atoms with van der Waals surface area (Å²) >= 11 is 2.23. The minimum atomic E-state index is -0.101. The molecule has 0 aliphatic carbocycles. The molecule has 1 aromatic heterocycles. The van der Waals surface area contributed by atoms with Crippen molar-refractivity contribution in [3.8, 4) is 0 Å². The lowest BCUT2D eigenvalue weighted by atomic mass is 9.61. The van der Waals surface area contributed by atoms with E-state index in [4.69, 9.17) is 4.98 Å². The summed E-state index contributed by atoms with van der Waals surface area (Å²) in [5, 5.41) is 0. The third kappa shape index (κ3) is 2.24. The van der Waals surface area contributed by atoms with Crippen molar-refractivity contribution in [2.75, 3.05) is 0 Å². The second-order valence-electron chi connectivity index (χ2n) is 8.01. The van der Waals surface area contributed by atoms with Crippen molar-refractivity contribution in [3.63, 3.8) is 0 Å². The van der Waals surface area contributed by atoms with Gasteiger partial charge in [0, 0.05) is 50.8 Å². The molecule has 0 spiro atoms. The molecule has 1 aliphatic heterocycles. The Hall–Kier alpha value is -0.230. The Bertz CT molecular complexity index is 574. The molecule has 4 heteroatoms. The number of fused-ring (bicyclic) bond motifs is 1. The molecular weight excluding hydrogens is 373 g/mol. The van der Waals surface area contributed by atoms with Gasteiger partial charge in [-0.2, -0.15) is 0 Å². The second-order valence-corrected chi connectivity index (χ2v) is 8.97. The summed E-state index contributed by atoms with van der Waals surface area (Å²) in [6.45, 7) is 20.7. The zero-order valence-corrected chi connectivity index (χ0v) is 17.0. The van der Waals surface area contributed by atoms with Crippen molar-refractivity contribution >= 4 is 22.6 Å². The Labute approximate surface area is 143 Å². The first-order valence-corrected chi connectivity index (χ1v) is 8.77. The highest BCUT2D eigenvalue weighted by Gasteiger charge is 2.56. The Balaban J connectivity index is 2.89. The van der Waals surface area contributed by atoms with Gasteiger partial charge in [-0.05, 0) is 48.5 Å². The standard InChI is InChI=1S/C17H28IN3/c1-10(2)21-16(6,7)13-12(11(3)19-14(18)20-13)15(4,5)17(21,8)9/h10H,1-9H3. The van der Waals surface area contributed by atoms with Crippen LogP contribution < -0.4 is 0 Å². The minimum Gasteiger partial charge on any atom is -0.284 e. The summed E-state index contributed by atoms with van der Waals surface area (Å²) in [7, 11) is 0. The van der Waals surface area contributed by atoms with Crippen LogP contribution in [0.4, 0.5) is 0 Å². The number of nitrogens with zero attached hydrogens (tertiary/aromatic N) is 3. The molecule has 0 amide bonds. The van der Waals surface area contributed by atoms with Crippen LogP contribution in [-0.4, -0.2) is 26.4 Å². The van der Waals surface area contributed by atoms with Crippen molar-refractivity contribution in [3.05, 3.63) is 20.8 Å². The molecule has 2 heterocycles.